The average molecular weight is 390 g/mol. The Labute approximate surface area is 169 Å². The first kappa shape index (κ1) is 20.0. The van der Waals surface area contributed by atoms with Crippen molar-refractivity contribution in [3.05, 3.63) is 66.5 Å². The van der Waals surface area contributed by atoms with E-state index in [-0.39, 0.29) is 17.7 Å². The summed E-state index contributed by atoms with van der Waals surface area (Å²) in [5.41, 5.74) is 2.67. The smallest absolute Gasteiger partial charge is 0.256 e. The first-order chi connectivity index (χ1) is 14.0. The fourth-order valence-electron chi connectivity index (χ4n) is 2.53. The molecule has 0 unspecified atom stereocenters. The van der Waals surface area contributed by atoms with E-state index < -0.39 is 0 Å². The zero-order valence-corrected chi connectivity index (χ0v) is 16.5. The molecule has 148 valence electrons. The number of methoxy groups -OCH3 is 1. The number of ether oxygens (including phenoxy) is 1. The lowest BCUT2D eigenvalue weighted by Gasteiger charge is -2.09. The number of nitrogens with zero attached hydrogens (tertiary/aromatic N) is 2. The second-order valence-corrected chi connectivity index (χ2v) is 6.69. The van der Waals surface area contributed by atoms with Gasteiger partial charge in [0.2, 0.25) is 5.91 Å². The molecule has 2 amide bonds. The molecule has 0 atom stereocenters. The Morgan fingerprint density at radius 3 is 2.24 bits per heavy atom. The quantitative estimate of drug-likeness (QED) is 0.664. The van der Waals surface area contributed by atoms with Crippen LogP contribution in [0.25, 0.3) is 11.3 Å². The third kappa shape index (κ3) is 5.16. The van der Waals surface area contributed by atoms with Gasteiger partial charge in [-0.05, 0) is 48.5 Å². The van der Waals surface area contributed by atoms with Crippen LogP contribution in [0.2, 0.25) is 0 Å². The minimum atomic E-state index is -0.300. The maximum Gasteiger partial charge on any atom is 0.256 e. The van der Waals surface area contributed by atoms with Crippen LogP contribution in [0.4, 0.5) is 11.5 Å². The highest BCUT2D eigenvalue weighted by molar-refractivity contribution is 6.04. The summed E-state index contributed by atoms with van der Waals surface area (Å²) in [7, 11) is 1.61. The molecule has 3 rings (SSSR count). The summed E-state index contributed by atoms with van der Waals surface area (Å²) < 4.78 is 5.16. The molecule has 7 heteroatoms. The predicted molar refractivity (Wildman–Crippen MR) is 112 cm³/mol. The molecule has 29 heavy (non-hydrogen) atoms. The Morgan fingerprint density at radius 2 is 1.62 bits per heavy atom. The normalized spacial score (nSPS) is 10.5. The van der Waals surface area contributed by atoms with Gasteiger partial charge in [0.25, 0.3) is 5.91 Å². The highest BCUT2D eigenvalue weighted by atomic mass is 16.5. The molecule has 0 bridgehead atoms. The van der Waals surface area contributed by atoms with Crippen LogP contribution in [0.1, 0.15) is 24.2 Å². The maximum atomic E-state index is 12.5. The van der Waals surface area contributed by atoms with Crippen molar-refractivity contribution in [2.75, 3.05) is 17.7 Å². The van der Waals surface area contributed by atoms with E-state index >= 15 is 0 Å². The zero-order chi connectivity index (χ0) is 20.8. The summed E-state index contributed by atoms with van der Waals surface area (Å²) in [6, 6.07) is 15.8. The molecule has 0 aliphatic heterocycles. The van der Waals surface area contributed by atoms with E-state index in [4.69, 9.17) is 4.74 Å². The van der Waals surface area contributed by atoms with Crippen LogP contribution in [-0.4, -0.2) is 28.9 Å². The summed E-state index contributed by atoms with van der Waals surface area (Å²) in [5, 5.41) is 5.56. The van der Waals surface area contributed by atoms with E-state index in [1.54, 1.807) is 37.4 Å². The Morgan fingerprint density at radius 1 is 0.931 bits per heavy atom. The van der Waals surface area contributed by atoms with Gasteiger partial charge in [-0.25, -0.2) is 9.97 Å². The first-order valence-electron chi connectivity index (χ1n) is 9.15. The Kier molecular flexibility index (Phi) is 6.19. The number of benzene rings is 2. The molecule has 2 aromatic carbocycles. The lowest BCUT2D eigenvalue weighted by Crippen LogP contribution is -2.18. The minimum absolute atomic E-state index is 0.0748. The van der Waals surface area contributed by atoms with Gasteiger partial charge < -0.3 is 15.4 Å². The predicted octanol–water partition coefficient (Wildman–Crippen LogP) is 4.00. The van der Waals surface area contributed by atoms with Gasteiger partial charge in [-0.2, -0.15) is 0 Å². The number of nitrogens with one attached hydrogen (secondary N) is 2. The number of anilines is 2. The van der Waals surface area contributed by atoms with E-state index in [2.05, 4.69) is 20.6 Å². The van der Waals surface area contributed by atoms with Crippen LogP contribution >= 0.6 is 0 Å². The third-order valence-corrected chi connectivity index (χ3v) is 4.23. The topological polar surface area (TPSA) is 93.2 Å². The van der Waals surface area contributed by atoms with Crippen LogP contribution < -0.4 is 15.4 Å². The van der Waals surface area contributed by atoms with E-state index in [9.17, 15) is 9.59 Å². The van der Waals surface area contributed by atoms with Crippen LogP contribution in [0, 0.1) is 5.92 Å². The molecule has 0 radical (unpaired) electrons. The lowest BCUT2D eigenvalue weighted by molar-refractivity contribution is -0.118. The monoisotopic (exact) mass is 390 g/mol. The SMILES string of the molecule is COc1ccc(-c2cc(NC(=O)c3ccc(NC(=O)C(C)C)cc3)ncn2)cc1. The summed E-state index contributed by atoms with van der Waals surface area (Å²) >= 11 is 0. The largest absolute Gasteiger partial charge is 0.497 e. The van der Waals surface area contributed by atoms with Crippen molar-refractivity contribution in [3.63, 3.8) is 0 Å². The third-order valence-electron chi connectivity index (χ3n) is 4.23. The van der Waals surface area contributed by atoms with Crippen molar-refractivity contribution in [3.8, 4) is 17.0 Å². The molecule has 1 aromatic heterocycles. The van der Waals surface area contributed by atoms with Crippen molar-refractivity contribution in [2.45, 2.75) is 13.8 Å². The Hall–Kier alpha value is -3.74. The molecule has 0 saturated heterocycles. The van der Waals surface area contributed by atoms with Gasteiger partial charge >= 0.3 is 0 Å². The standard InChI is InChI=1S/C22H22N4O3/c1-14(2)21(27)25-17-8-4-16(5-9-17)22(28)26-20-12-19(23-13-24-20)15-6-10-18(29-3)11-7-15/h4-14H,1-3H3,(H,25,27)(H,23,24,26,28). The molecule has 2 N–H and O–H groups in total. The van der Waals surface area contributed by atoms with Crippen LogP contribution in [0.5, 0.6) is 5.75 Å². The summed E-state index contributed by atoms with van der Waals surface area (Å²) in [6.45, 7) is 3.64. The fourth-order valence-corrected chi connectivity index (χ4v) is 2.53. The highest BCUT2D eigenvalue weighted by Gasteiger charge is 2.10. The van der Waals surface area contributed by atoms with Gasteiger partial charge in [-0.3, -0.25) is 9.59 Å². The molecule has 3 aromatic rings. The summed E-state index contributed by atoms with van der Waals surface area (Å²) in [6.07, 6.45) is 1.40. The van der Waals surface area contributed by atoms with E-state index in [1.807, 2.05) is 38.1 Å². The number of carbonyl (C=O) groups is 2. The number of rotatable bonds is 6. The van der Waals surface area contributed by atoms with Gasteiger partial charge in [-0.15, -0.1) is 0 Å². The second kappa shape index (κ2) is 8.97. The number of hydrogen-bond donors (Lipinski definition) is 2. The highest BCUT2D eigenvalue weighted by Crippen LogP contribution is 2.22. The fraction of sp³-hybridized carbons (Fsp3) is 0.182. The molecule has 0 saturated carbocycles. The van der Waals surface area contributed by atoms with Crippen molar-refractivity contribution < 1.29 is 14.3 Å². The minimum Gasteiger partial charge on any atom is -0.497 e. The second-order valence-electron chi connectivity index (χ2n) is 6.69. The summed E-state index contributed by atoms with van der Waals surface area (Å²) in [4.78, 5) is 32.6. The van der Waals surface area contributed by atoms with Crippen molar-refractivity contribution in [1.29, 1.82) is 0 Å². The maximum absolute atomic E-state index is 12.5. The van der Waals surface area contributed by atoms with Gasteiger partial charge in [0.1, 0.15) is 17.9 Å². The number of amides is 2. The molecule has 0 fully saturated rings. The number of aromatic nitrogens is 2. The summed E-state index contributed by atoms with van der Waals surface area (Å²) in [5.74, 6) is 0.661. The average Bonchev–Trinajstić information content (AvgIpc) is 2.74. The van der Waals surface area contributed by atoms with Gasteiger partial charge in [-0.1, -0.05) is 13.8 Å². The van der Waals surface area contributed by atoms with Gasteiger partial charge in [0.15, 0.2) is 0 Å². The van der Waals surface area contributed by atoms with Crippen LogP contribution in [-0.2, 0) is 4.79 Å². The number of carbonyl (C=O) groups excluding carboxylic acids is 2. The number of hydrogen-bond acceptors (Lipinski definition) is 5. The first-order valence-corrected chi connectivity index (χ1v) is 9.15. The molecule has 0 aliphatic carbocycles. The molecular weight excluding hydrogens is 368 g/mol. The van der Waals surface area contributed by atoms with E-state index in [0.29, 0.717) is 22.8 Å². The van der Waals surface area contributed by atoms with Crippen LogP contribution in [0.15, 0.2) is 60.9 Å². The van der Waals surface area contributed by atoms with Crippen molar-refractivity contribution in [1.82, 2.24) is 9.97 Å². The molecule has 7 nitrogen and oxygen atoms in total. The lowest BCUT2D eigenvalue weighted by atomic mass is 10.1. The molecule has 1 heterocycles. The zero-order valence-electron chi connectivity index (χ0n) is 16.5. The van der Waals surface area contributed by atoms with E-state index in [0.717, 1.165) is 11.3 Å². The van der Waals surface area contributed by atoms with E-state index in [1.165, 1.54) is 6.33 Å². The van der Waals surface area contributed by atoms with Gasteiger partial charge in [0.05, 0.1) is 12.8 Å². The van der Waals surface area contributed by atoms with Crippen molar-refractivity contribution >= 4 is 23.3 Å². The Balaban J connectivity index is 1.69. The molecule has 0 aliphatic rings. The molecule has 0 spiro atoms. The van der Waals surface area contributed by atoms with Gasteiger partial charge in [0, 0.05) is 28.8 Å². The molecular formula is C22H22N4O3. The van der Waals surface area contributed by atoms with Crippen LogP contribution in [0.3, 0.4) is 0 Å². The Bertz CT molecular complexity index is 999. The van der Waals surface area contributed by atoms with Crippen molar-refractivity contribution in [2.24, 2.45) is 5.92 Å².